The maximum atomic E-state index is 12.5. The first-order valence-electron chi connectivity index (χ1n) is 5.00. The molecular weight excluding hydrogens is 217 g/mol. The second-order valence-electron chi connectivity index (χ2n) is 3.64. The average molecular weight is 228 g/mol. The molecule has 0 saturated carbocycles. The number of hydrogen-bond acceptors (Lipinski definition) is 2. The second-order valence-corrected chi connectivity index (χ2v) is 3.64. The van der Waals surface area contributed by atoms with Gasteiger partial charge in [0.05, 0.1) is 5.56 Å². The number of pyridine rings is 1. The van der Waals surface area contributed by atoms with Gasteiger partial charge in [0.25, 0.3) is 0 Å². The van der Waals surface area contributed by atoms with Crippen molar-refractivity contribution in [1.82, 2.24) is 10.3 Å². The molecule has 0 aliphatic carbocycles. The van der Waals surface area contributed by atoms with E-state index in [0.29, 0.717) is 12.1 Å². The van der Waals surface area contributed by atoms with E-state index in [0.717, 1.165) is 30.8 Å². The predicted molar refractivity (Wildman–Crippen MR) is 54.7 cm³/mol. The molecule has 0 saturated heterocycles. The Morgan fingerprint density at radius 1 is 1.25 bits per heavy atom. The van der Waals surface area contributed by atoms with Crippen LogP contribution >= 0.6 is 0 Å². The molecule has 2 rings (SSSR count). The maximum Gasteiger partial charge on any atom is 0.417 e. The number of nitrogens with one attached hydrogen (secondary N) is 1. The number of hydrogen-bond donors (Lipinski definition) is 1. The summed E-state index contributed by atoms with van der Waals surface area (Å²) in [6, 6.07) is 1.16. The van der Waals surface area contributed by atoms with Crippen LogP contribution in [-0.2, 0) is 6.18 Å². The van der Waals surface area contributed by atoms with Gasteiger partial charge in [-0.2, -0.15) is 13.2 Å². The van der Waals surface area contributed by atoms with Gasteiger partial charge in [0.15, 0.2) is 0 Å². The average Bonchev–Trinajstić information content (AvgIpc) is 2.29. The van der Waals surface area contributed by atoms with Crippen LogP contribution in [0.5, 0.6) is 0 Å². The highest BCUT2D eigenvalue weighted by molar-refractivity contribution is 5.66. The molecule has 2 heterocycles. The zero-order valence-corrected chi connectivity index (χ0v) is 8.51. The summed E-state index contributed by atoms with van der Waals surface area (Å²) in [5.41, 5.74) is 0.804. The van der Waals surface area contributed by atoms with E-state index in [-0.39, 0.29) is 0 Å². The highest BCUT2D eigenvalue weighted by Crippen LogP contribution is 2.30. The first-order valence-corrected chi connectivity index (χ1v) is 5.00. The van der Waals surface area contributed by atoms with Gasteiger partial charge in [-0.05, 0) is 30.2 Å². The van der Waals surface area contributed by atoms with E-state index in [1.807, 2.05) is 6.08 Å². The molecule has 1 N–H and O–H groups in total. The number of aromatic nitrogens is 1. The van der Waals surface area contributed by atoms with E-state index in [1.54, 1.807) is 0 Å². The lowest BCUT2D eigenvalue weighted by Gasteiger charge is -2.15. The van der Waals surface area contributed by atoms with Gasteiger partial charge < -0.3 is 5.32 Å². The third-order valence-electron chi connectivity index (χ3n) is 2.50. The van der Waals surface area contributed by atoms with Crippen molar-refractivity contribution in [1.29, 1.82) is 0 Å². The Labute approximate surface area is 91.2 Å². The first-order chi connectivity index (χ1) is 7.57. The molecule has 2 nitrogen and oxygen atoms in total. The van der Waals surface area contributed by atoms with Crippen molar-refractivity contribution in [2.24, 2.45) is 0 Å². The highest BCUT2D eigenvalue weighted by atomic mass is 19.4. The van der Waals surface area contributed by atoms with Gasteiger partial charge in [-0.15, -0.1) is 0 Å². The van der Waals surface area contributed by atoms with Crippen molar-refractivity contribution in [3.8, 4) is 0 Å². The lowest BCUT2D eigenvalue weighted by Crippen LogP contribution is -2.20. The molecule has 1 aliphatic heterocycles. The summed E-state index contributed by atoms with van der Waals surface area (Å²) in [7, 11) is 0. The maximum absolute atomic E-state index is 12.5. The Balaban J connectivity index is 2.32. The van der Waals surface area contributed by atoms with Crippen LogP contribution in [-0.4, -0.2) is 18.1 Å². The lowest BCUT2D eigenvalue weighted by atomic mass is 10.0. The molecular formula is C11H11F3N2. The SMILES string of the molecule is FC(F)(F)c1cncc(C2=CCNCC2)c1. The zero-order valence-electron chi connectivity index (χ0n) is 8.51. The van der Waals surface area contributed by atoms with E-state index >= 15 is 0 Å². The van der Waals surface area contributed by atoms with Crippen molar-refractivity contribution in [2.75, 3.05) is 13.1 Å². The quantitative estimate of drug-likeness (QED) is 0.798. The van der Waals surface area contributed by atoms with Gasteiger partial charge in [0.1, 0.15) is 0 Å². The standard InChI is InChI=1S/C11H11F3N2/c12-11(13,14)10-5-9(6-16-7-10)8-1-3-15-4-2-8/h1,5-7,15H,2-4H2. The number of nitrogens with zero attached hydrogens (tertiary/aromatic N) is 1. The predicted octanol–water partition coefficient (Wildman–Crippen LogP) is 2.48. The molecule has 0 unspecified atom stereocenters. The minimum Gasteiger partial charge on any atom is -0.313 e. The summed E-state index contributed by atoms with van der Waals surface area (Å²) in [6.07, 6.45) is 0.650. The third-order valence-corrected chi connectivity index (χ3v) is 2.50. The van der Waals surface area contributed by atoms with Gasteiger partial charge in [-0.3, -0.25) is 4.98 Å². The van der Waals surface area contributed by atoms with E-state index in [9.17, 15) is 13.2 Å². The topological polar surface area (TPSA) is 24.9 Å². The van der Waals surface area contributed by atoms with Crippen LogP contribution in [0.3, 0.4) is 0 Å². The summed E-state index contributed by atoms with van der Waals surface area (Å²) in [6.45, 7) is 1.49. The molecule has 0 spiro atoms. The molecule has 86 valence electrons. The molecule has 1 aromatic heterocycles. The van der Waals surface area contributed by atoms with E-state index in [1.165, 1.54) is 6.20 Å². The van der Waals surface area contributed by atoms with E-state index in [4.69, 9.17) is 0 Å². The van der Waals surface area contributed by atoms with Crippen LogP contribution in [0.2, 0.25) is 0 Å². The Hall–Kier alpha value is -1.36. The van der Waals surface area contributed by atoms with Gasteiger partial charge >= 0.3 is 6.18 Å². The zero-order chi connectivity index (χ0) is 11.6. The molecule has 0 radical (unpaired) electrons. The first kappa shape index (κ1) is 11.1. The summed E-state index contributed by atoms with van der Waals surface area (Å²) < 4.78 is 37.4. The smallest absolute Gasteiger partial charge is 0.313 e. The summed E-state index contributed by atoms with van der Waals surface area (Å²) >= 11 is 0. The van der Waals surface area contributed by atoms with Crippen molar-refractivity contribution >= 4 is 5.57 Å². The van der Waals surface area contributed by atoms with E-state index in [2.05, 4.69) is 10.3 Å². The molecule has 0 atom stereocenters. The molecule has 0 fully saturated rings. The Kier molecular flexibility index (Phi) is 2.96. The summed E-state index contributed by atoms with van der Waals surface area (Å²) in [5.74, 6) is 0. The van der Waals surface area contributed by atoms with Crippen LogP contribution in [0.25, 0.3) is 5.57 Å². The van der Waals surface area contributed by atoms with Crippen LogP contribution < -0.4 is 5.32 Å². The fraction of sp³-hybridized carbons (Fsp3) is 0.364. The second kappa shape index (κ2) is 4.25. The molecule has 0 amide bonds. The summed E-state index contributed by atoms with van der Waals surface area (Å²) in [4.78, 5) is 3.65. The number of halogens is 3. The Bertz CT molecular complexity index is 410. The summed E-state index contributed by atoms with van der Waals surface area (Å²) in [5, 5.41) is 3.11. The fourth-order valence-corrected chi connectivity index (χ4v) is 1.66. The van der Waals surface area contributed by atoms with Gasteiger partial charge in [-0.1, -0.05) is 6.08 Å². The van der Waals surface area contributed by atoms with E-state index < -0.39 is 11.7 Å². The van der Waals surface area contributed by atoms with Crippen LogP contribution in [0.15, 0.2) is 24.5 Å². The molecule has 0 aromatic carbocycles. The minimum absolute atomic E-state index is 0.566. The van der Waals surface area contributed by atoms with Gasteiger partial charge in [0, 0.05) is 18.9 Å². The van der Waals surface area contributed by atoms with Crippen LogP contribution in [0.1, 0.15) is 17.5 Å². The number of alkyl halides is 3. The Morgan fingerprint density at radius 2 is 2.06 bits per heavy atom. The molecule has 1 aliphatic rings. The van der Waals surface area contributed by atoms with Crippen molar-refractivity contribution in [2.45, 2.75) is 12.6 Å². The molecule has 16 heavy (non-hydrogen) atoms. The molecule has 0 bridgehead atoms. The number of rotatable bonds is 1. The highest BCUT2D eigenvalue weighted by Gasteiger charge is 2.31. The van der Waals surface area contributed by atoms with Crippen molar-refractivity contribution in [3.05, 3.63) is 35.7 Å². The van der Waals surface area contributed by atoms with Crippen LogP contribution in [0.4, 0.5) is 13.2 Å². The monoisotopic (exact) mass is 228 g/mol. The largest absolute Gasteiger partial charge is 0.417 e. The fourth-order valence-electron chi connectivity index (χ4n) is 1.66. The third kappa shape index (κ3) is 2.41. The molecule has 5 heteroatoms. The van der Waals surface area contributed by atoms with Crippen molar-refractivity contribution < 1.29 is 13.2 Å². The van der Waals surface area contributed by atoms with Crippen LogP contribution in [0, 0.1) is 0 Å². The van der Waals surface area contributed by atoms with Crippen molar-refractivity contribution in [3.63, 3.8) is 0 Å². The normalized spacial score (nSPS) is 17.1. The lowest BCUT2D eigenvalue weighted by molar-refractivity contribution is -0.137. The van der Waals surface area contributed by atoms with Gasteiger partial charge in [-0.25, -0.2) is 0 Å². The Morgan fingerprint density at radius 3 is 2.69 bits per heavy atom. The minimum atomic E-state index is -4.32. The van der Waals surface area contributed by atoms with Gasteiger partial charge in [0.2, 0.25) is 0 Å². The molecule has 1 aromatic rings.